The Morgan fingerprint density at radius 3 is 2.06 bits per heavy atom. The van der Waals surface area contributed by atoms with Crippen LogP contribution in [0.15, 0.2) is 72.8 Å². The van der Waals surface area contributed by atoms with Crippen molar-refractivity contribution in [2.24, 2.45) is 0 Å². The highest BCUT2D eigenvalue weighted by Crippen LogP contribution is 2.23. The molecule has 33 heavy (non-hydrogen) atoms. The summed E-state index contributed by atoms with van der Waals surface area (Å²) in [4.78, 5) is 44.6. The van der Waals surface area contributed by atoms with Crippen molar-refractivity contribution in [2.75, 3.05) is 32.7 Å². The van der Waals surface area contributed by atoms with E-state index in [-0.39, 0.29) is 17.7 Å². The minimum Gasteiger partial charge on any atom is -0.337 e. The quantitative estimate of drug-likeness (QED) is 0.626. The number of fused-ring (bicyclic) bond motifs is 1. The molecule has 2 heterocycles. The third-order valence-corrected chi connectivity index (χ3v) is 6.69. The molecular formula is C27H27N3O3. The summed E-state index contributed by atoms with van der Waals surface area (Å²) in [6, 6.07) is 22.5. The van der Waals surface area contributed by atoms with Gasteiger partial charge in [0.2, 0.25) is 5.91 Å². The van der Waals surface area contributed by atoms with Gasteiger partial charge in [-0.05, 0) is 47.9 Å². The second-order valence-corrected chi connectivity index (χ2v) is 8.70. The molecule has 0 unspecified atom stereocenters. The lowest BCUT2D eigenvalue weighted by atomic mass is 10.1. The summed E-state index contributed by atoms with van der Waals surface area (Å²) in [7, 11) is 0. The van der Waals surface area contributed by atoms with E-state index in [1.807, 2.05) is 70.5 Å². The van der Waals surface area contributed by atoms with Crippen LogP contribution in [0.25, 0.3) is 10.8 Å². The topological polar surface area (TPSA) is 60.9 Å². The summed E-state index contributed by atoms with van der Waals surface area (Å²) in [5.74, 6) is -0.0965. The lowest BCUT2D eigenvalue weighted by Crippen LogP contribution is -2.55. The summed E-state index contributed by atoms with van der Waals surface area (Å²) in [6.45, 7) is 2.57. The van der Waals surface area contributed by atoms with Crippen LogP contribution in [0.4, 0.5) is 0 Å². The van der Waals surface area contributed by atoms with Gasteiger partial charge in [-0.2, -0.15) is 0 Å². The van der Waals surface area contributed by atoms with E-state index in [2.05, 4.69) is 0 Å². The first-order valence-electron chi connectivity index (χ1n) is 11.5. The molecule has 3 aromatic rings. The van der Waals surface area contributed by atoms with Gasteiger partial charge in [0, 0.05) is 43.9 Å². The summed E-state index contributed by atoms with van der Waals surface area (Å²) in [6.07, 6.45) is 1.52. The van der Waals surface area contributed by atoms with Crippen LogP contribution in [0.2, 0.25) is 0 Å². The van der Waals surface area contributed by atoms with Gasteiger partial charge in [0.15, 0.2) is 0 Å². The summed E-state index contributed by atoms with van der Waals surface area (Å²) in [5.41, 5.74) is 1.28. The van der Waals surface area contributed by atoms with E-state index < -0.39 is 6.04 Å². The molecule has 0 aliphatic carbocycles. The van der Waals surface area contributed by atoms with Gasteiger partial charge in [-0.1, -0.05) is 48.5 Å². The van der Waals surface area contributed by atoms with Crippen molar-refractivity contribution < 1.29 is 14.4 Å². The SMILES string of the molecule is O=C(c1ccc2ccccc2c1)N1CCN(C(=O)[C@@H]2CCCN2C(=O)c2ccccc2)CC1. The Hall–Kier alpha value is -3.67. The van der Waals surface area contributed by atoms with E-state index in [1.165, 1.54) is 0 Å². The molecule has 2 aliphatic rings. The molecule has 168 valence electrons. The summed E-state index contributed by atoms with van der Waals surface area (Å²) in [5, 5.41) is 2.15. The molecule has 6 nitrogen and oxygen atoms in total. The van der Waals surface area contributed by atoms with E-state index in [0.29, 0.717) is 50.3 Å². The lowest BCUT2D eigenvalue weighted by molar-refractivity contribution is -0.136. The number of likely N-dealkylation sites (tertiary alicyclic amines) is 1. The Morgan fingerprint density at radius 2 is 1.30 bits per heavy atom. The summed E-state index contributed by atoms with van der Waals surface area (Å²) < 4.78 is 0. The molecule has 5 rings (SSSR count). The zero-order valence-electron chi connectivity index (χ0n) is 18.5. The molecule has 2 saturated heterocycles. The van der Waals surface area contributed by atoms with Crippen LogP contribution in [-0.4, -0.2) is 71.2 Å². The Morgan fingerprint density at radius 1 is 0.636 bits per heavy atom. The van der Waals surface area contributed by atoms with Crippen LogP contribution < -0.4 is 0 Å². The molecule has 1 atom stereocenters. The molecule has 0 spiro atoms. The van der Waals surface area contributed by atoms with Crippen LogP contribution in [0.5, 0.6) is 0 Å². The third kappa shape index (κ3) is 4.21. The maximum Gasteiger partial charge on any atom is 0.254 e. The molecular weight excluding hydrogens is 414 g/mol. The number of benzene rings is 3. The number of piperazine rings is 1. The normalized spacial score (nSPS) is 18.5. The number of amides is 3. The second-order valence-electron chi connectivity index (χ2n) is 8.70. The molecule has 3 amide bonds. The fourth-order valence-electron chi connectivity index (χ4n) is 4.86. The first-order valence-corrected chi connectivity index (χ1v) is 11.5. The van der Waals surface area contributed by atoms with Crippen molar-refractivity contribution >= 4 is 28.5 Å². The maximum absolute atomic E-state index is 13.3. The zero-order valence-corrected chi connectivity index (χ0v) is 18.5. The van der Waals surface area contributed by atoms with E-state index in [9.17, 15) is 14.4 Å². The van der Waals surface area contributed by atoms with Crippen molar-refractivity contribution in [2.45, 2.75) is 18.9 Å². The van der Waals surface area contributed by atoms with E-state index in [0.717, 1.165) is 17.2 Å². The highest BCUT2D eigenvalue weighted by Gasteiger charge is 2.38. The average molecular weight is 442 g/mol. The predicted octanol–water partition coefficient (Wildman–Crippen LogP) is 3.43. The Kier molecular flexibility index (Phi) is 5.82. The van der Waals surface area contributed by atoms with Gasteiger partial charge in [0.25, 0.3) is 11.8 Å². The van der Waals surface area contributed by atoms with Gasteiger partial charge in [-0.25, -0.2) is 0 Å². The number of hydrogen-bond acceptors (Lipinski definition) is 3. The maximum atomic E-state index is 13.3. The van der Waals surface area contributed by atoms with Crippen LogP contribution in [-0.2, 0) is 4.79 Å². The largest absolute Gasteiger partial charge is 0.337 e. The van der Waals surface area contributed by atoms with Gasteiger partial charge < -0.3 is 14.7 Å². The van der Waals surface area contributed by atoms with Crippen molar-refractivity contribution in [3.05, 3.63) is 83.9 Å². The molecule has 0 aromatic heterocycles. The highest BCUT2D eigenvalue weighted by molar-refractivity contribution is 5.99. The minimum absolute atomic E-state index is 0.00500. The molecule has 3 aromatic carbocycles. The Labute approximate surface area is 193 Å². The van der Waals surface area contributed by atoms with Gasteiger partial charge in [0.05, 0.1) is 0 Å². The van der Waals surface area contributed by atoms with Gasteiger partial charge in [0.1, 0.15) is 6.04 Å². The molecule has 0 radical (unpaired) electrons. The Balaban J connectivity index is 1.22. The number of hydrogen-bond donors (Lipinski definition) is 0. The Bertz CT molecular complexity index is 1190. The van der Waals surface area contributed by atoms with Gasteiger partial charge >= 0.3 is 0 Å². The van der Waals surface area contributed by atoms with Crippen LogP contribution in [0.3, 0.4) is 0 Å². The smallest absolute Gasteiger partial charge is 0.254 e. The molecule has 2 aliphatic heterocycles. The van der Waals surface area contributed by atoms with Gasteiger partial charge in [-0.3, -0.25) is 14.4 Å². The van der Waals surface area contributed by atoms with Crippen LogP contribution >= 0.6 is 0 Å². The molecule has 2 fully saturated rings. The van der Waals surface area contributed by atoms with E-state index in [4.69, 9.17) is 0 Å². The highest BCUT2D eigenvalue weighted by atomic mass is 16.2. The lowest BCUT2D eigenvalue weighted by Gasteiger charge is -2.37. The van der Waals surface area contributed by atoms with Crippen molar-refractivity contribution in [1.82, 2.24) is 14.7 Å². The third-order valence-electron chi connectivity index (χ3n) is 6.69. The van der Waals surface area contributed by atoms with Crippen LogP contribution in [0.1, 0.15) is 33.6 Å². The number of nitrogens with zero attached hydrogens (tertiary/aromatic N) is 3. The fourth-order valence-corrected chi connectivity index (χ4v) is 4.86. The molecule has 0 saturated carbocycles. The first kappa shape index (κ1) is 21.2. The predicted molar refractivity (Wildman–Crippen MR) is 127 cm³/mol. The zero-order chi connectivity index (χ0) is 22.8. The van der Waals surface area contributed by atoms with E-state index >= 15 is 0 Å². The monoisotopic (exact) mass is 441 g/mol. The molecule has 0 bridgehead atoms. The number of rotatable bonds is 3. The first-order chi connectivity index (χ1) is 16.1. The van der Waals surface area contributed by atoms with Gasteiger partial charge in [-0.15, -0.1) is 0 Å². The molecule has 6 heteroatoms. The van der Waals surface area contributed by atoms with Crippen molar-refractivity contribution in [1.29, 1.82) is 0 Å². The van der Waals surface area contributed by atoms with Crippen molar-refractivity contribution in [3.63, 3.8) is 0 Å². The summed E-state index contributed by atoms with van der Waals surface area (Å²) >= 11 is 0. The van der Waals surface area contributed by atoms with E-state index in [1.54, 1.807) is 17.0 Å². The van der Waals surface area contributed by atoms with Crippen LogP contribution in [0, 0.1) is 0 Å². The fraction of sp³-hybridized carbons (Fsp3) is 0.296. The average Bonchev–Trinajstić information content (AvgIpc) is 3.37. The minimum atomic E-state index is -0.416. The number of carbonyl (C=O) groups excluding carboxylic acids is 3. The standard InChI is InChI=1S/C27H27N3O3/c31-25(23-13-12-20-7-4-5-10-22(20)19-23)28-15-17-29(18-16-28)27(33)24-11-6-14-30(24)26(32)21-8-2-1-3-9-21/h1-5,7-10,12-13,19,24H,6,11,14-18H2/t24-/m0/s1. The second kappa shape index (κ2) is 9.06. The van der Waals surface area contributed by atoms with Crippen molar-refractivity contribution in [3.8, 4) is 0 Å². The molecule has 0 N–H and O–H groups in total. The number of carbonyl (C=O) groups is 3.